The van der Waals surface area contributed by atoms with E-state index in [0.717, 1.165) is 93.6 Å². The van der Waals surface area contributed by atoms with Crippen LogP contribution in [-0.2, 0) is 0 Å². The molecule has 0 N–H and O–H groups in total. The first-order chi connectivity index (χ1) is 35.7. The molecule has 0 fully saturated rings. The van der Waals surface area contributed by atoms with Gasteiger partial charge in [0.1, 0.15) is 22.3 Å². The van der Waals surface area contributed by atoms with E-state index in [4.69, 9.17) is 23.8 Å². The maximum Gasteiger partial charge on any atom is 0.167 e. The van der Waals surface area contributed by atoms with Crippen molar-refractivity contribution in [1.82, 2.24) is 24.1 Å². The molecule has 72 heavy (non-hydrogen) atoms. The lowest BCUT2D eigenvalue weighted by Gasteiger charge is -2.14. The quantitative estimate of drug-likeness (QED) is 0.172. The van der Waals surface area contributed by atoms with Gasteiger partial charge < -0.3 is 18.0 Å². The van der Waals surface area contributed by atoms with Gasteiger partial charge in [-0.25, -0.2) is 15.0 Å². The fourth-order valence-electron chi connectivity index (χ4n) is 11.6. The first-order valence-corrected chi connectivity index (χ1v) is 24.3. The number of hydrogen-bond acceptors (Lipinski definition) is 5. The molecule has 0 radical (unpaired) electrons. The summed E-state index contributed by atoms with van der Waals surface area (Å²) in [6, 6.07) is 79.1. The standard InChI is InChI=1S/C65H37N5O2/c1-2-19-41(20-3-1)70-54-29-11-8-22-44(54)47-25-14-27-49(60(47)70)63-66-64(50-28-15-26-48-45-23-9-12-30-57(45)71-61(48)50)68-65(67-63)53-37-42(36-51-46-24-10-13-31-58(46)72-62(51)53)69-55-33-32-38-16-6-7-21-43(38)59(55)52-34-39-17-4-5-18-40(39)35-56(52)69/h1-37H. The number of benzene rings is 11. The summed E-state index contributed by atoms with van der Waals surface area (Å²) in [6.45, 7) is 0. The van der Waals surface area contributed by atoms with Gasteiger partial charge in [0.25, 0.3) is 0 Å². The van der Waals surface area contributed by atoms with Crippen LogP contribution in [0.2, 0.25) is 0 Å². The van der Waals surface area contributed by atoms with E-state index >= 15 is 0 Å². The number of hydrogen-bond donors (Lipinski definition) is 0. The van der Waals surface area contributed by atoms with E-state index in [2.05, 4.69) is 203 Å². The average molecular weight is 920 g/mol. The third-order valence-corrected chi connectivity index (χ3v) is 14.7. The van der Waals surface area contributed by atoms with Crippen molar-refractivity contribution >= 4 is 109 Å². The van der Waals surface area contributed by atoms with Crippen LogP contribution in [0.1, 0.15) is 0 Å². The van der Waals surface area contributed by atoms with E-state index in [1.807, 2.05) is 30.3 Å². The Morgan fingerprint density at radius 1 is 0.292 bits per heavy atom. The Hall–Kier alpha value is -9.85. The fourth-order valence-corrected chi connectivity index (χ4v) is 11.6. The van der Waals surface area contributed by atoms with Crippen molar-refractivity contribution in [2.24, 2.45) is 0 Å². The Balaban J connectivity index is 1.04. The highest BCUT2D eigenvalue weighted by atomic mass is 16.3. The summed E-state index contributed by atoms with van der Waals surface area (Å²) in [6.07, 6.45) is 0. The summed E-state index contributed by atoms with van der Waals surface area (Å²) in [4.78, 5) is 16.6. The van der Waals surface area contributed by atoms with Crippen LogP contribution in [0.5, 0.6) is 0 Å². The van der Waals surface area contributed by atoms with Crippen LogP contribution < -0.4 is 0 Å². The normalized spacial score (nSPS) is 12.2. The van der Waals surface area contributed by atoms with Crippen molar-refractivity contribution in [3.05, 3.63) is 224 Å². The summed E-state index contributed by atoms with van der Waals surface area (Å²) in [5.41, 5.74) is 11.7. The van der Waals surface area contributed by atoms with Gasteiger partial charge in [0.2, 0.25) is 0 Å². The number of nitrogens with zero attached hydrogens (tertiary/aromatic N) is 5. The van der Waals surface area contributed by atoms with Crippen LogP contribution in [-0.4, -0.2) is 24.1 Å². The molecule has 0 aliphatic rings. The molecule has 7 heteroatoms. The minimum Gasteiger partial charge on any atom is -0.455 e. The second kappa shape index (κ2) is 14.8. The van der Waals surface area contributed by atoms with E-state index in [0.29, 0.717) is 28.6 Å². The first kappa shape index (κ1) is 39.0. The summed E-state index contributed by atoms with van der Waals surface area (Å²) in [5, 5.41) is 13.4. The van der Waals surface area contributed by atoms with E-state index in [1.54, 1.807) is 0 Å². The van der Waals surface area contributed by atoms with Crippen molar-refractivity contribution in [3.8, 4) is 45.5 Å². The molecule has 0 saturated heterocycles. The molecule has 0 aliphatic heterocycles. The van der Waals surface area contributed by atoms with Crippen molar-refractivity contribution in [2.75, 3.05) is 0 Å². The number of aromatic nitrogens is 5. The largest absolute Gasteiger partial charge is 0.455 e. The Morgan fingerprint density at radius 2 is 0.861 bits per heavy atom. The Morgan fingerprint density at radius 3 is 1.64 bits per heavy atom. The predicted octanol–water partition coefficient (Wildman–Crippen LogP) is 17.2. The van der Waals surface area contributed by atoms with Crippen molar-refractivity contribution in [2.45, 2.75) is 0 Å². The zero-order valence-electron chi connectivity index (χ0n) is 38.4. The Bertz CT molecular complexity index is 4940. The monoisotopic (exact) mass is 919 g/mol. The van der Waals surface area contributed by atoms with Crippen molar-refractivity contribution < 1.29 is 8.83 Å². The number of para-hydroxylation sites is 6. The number of rotatable bonds is 5. The second-order valence-corrected chi connectivity index (χ2v) is 18.7. The molecule has 16 aromatic rings. The SMILES string of the molecule is c1ccc(-n2c3ccccc3c3cccc(-c4nc(-c5cccc6c5oc5ccccc56)nc(-c5cc(-n6c7cc8ccccc8cc7c7c8ccccc8ccc76)cc6c5oc5ccccc56)n4)c32)cc1. The zero-order valence-corrected chi connectivity index (χ0v) is 38.4. The van der Waals surface area contributed by atoms with Gasteiger partial charge >= 0.3 is 0 Å². The van der Waals surface area contributed by atoms with E-state index < -0.39 is 0 Å². The summed E-state index contributed by atoms with van der Waals surface area (Å²) >= 11 is 0. The van der Waals surface area contributed by atoms with Crippen LogP contribution >= 0.6 is 0 Å². The molecule has 0 spiro atoms. The van der Waals surface area contributed by atoms with Gasteiger partial charge in [-0.2, -0.15) is 0 Å². The Labute approximate surface area is 410 Å². The molecule has 334 valence electrons. The fraction of sp³-hybridized carbons (Fsp3) is 0. The minimum absolute atomic E-state index is 0.477. The lowest BCUT2D eigenvalue weighted by atomic mass is 10.0. The molecular weight excluding hydrogens is 883 g/mol. The van der Waals surface area contributed by atoms with Gasteiger partial charge in [-0.05, 0) is 94.3 Å². The lowest BCUT2D eigenvalue weighted by Crippen LogP contribution is -2.03. The van der Waals surface area contributed by atoms with Gasteiger partial charge in [0, 0.05) is 60.0 Å². The Kier molecular flexibility index (Phi) is 8.04. The topological polar surface area (TPSA) is 74.8 Å². The van der Waals surface area contributed by atoms with Crippen LogP contribution in [0.3, 0.4) is 0 Å². The first-order valence-electron chi connectivity index (χ1n) is 24.3. The smallest absolute Gasteiger partial charge is 0.167 e. The lowest BCUT2D eigenvalue weighted by molar-refractivity contribution is 0.669. The van der Waals surface area contributed by atoms with Gasteiger partial charge in [0.05, 0.1) is 33.2 Å². The molecule has 0 atom stereocenters. The highest BCUT2D eigenvalue weighted by Gasteiger charge is 2.25. The van der Waals surface area contributed by atoms with Crippen molar-refractivity contribution in [3.63, 3.8) is 0 Å². The molecular formula is C65H37N5O2. The molecule has 7 nitrogen and oxygen atoms in total. The average Bonchev–Trinajstić information content (AvgIpc) is 4.20. The van der Waals surface area contributed by atoms with Gasteiger partial charge in [-0.3, -0.25) is 0 Å². The van der Waals surface area contributed by atoms with Crippen LogP contribution in [0, 0.1) is 0 Å². The zero-order chi connectivity index (χ0) is 47.0. The maximum atomic E-state index is 6.96. The molecule has 0 bridgehead atoms. The van der Waals surface area contributed by atoms with Crippen LogP contribution in [0.15, 0.2) is 233 Å². The van der Waals surface area contributed by atoms with E-state index in [-0.39, 0.29) is 0 Å². The minimum atomic E-state index is 0.477. The van der Waals surface area contributed by atoms with Crippen LogP contribution in [0.4, 0.5) is 0 Å². The van der Waals surface area contributed by atoms with Gasteiger partial charge in [-0.1, -0.05) is 152 Å². The third kappa shape index (κ3) is 5.58. The molecule has 0 amide bonds. The van der Waals surface area contributed by atoms with E-state index in [1.165, 1.54) is 32.3 Å². The second-order valence-electron chi connectivity index (χ2n) is 18.7. The molecule has 5 aromatic heterocycles. The predicted molar refractivity (Wildman–Crippen MR) is 294 cm³/mol. The number of furan rings is 2. The molecule has 5 heterocycles. The highest BCUT2D eigenvalue weighted by molar-refractivity contribution is 6.24. The van der Waals surface area contributed by atoms with Crippen LogP contribution in [0.25, 0.3) is 155 Å². The highest BCUT2D eigenvalue weighted by Crippen LogP contribution is 2.45. The molecule has 0 aliphatic carbocycles. The molecule has 0 saturated carbocycles. The number of fused-ring (bicyclic) bond motifs is 15. The summed E-state index contributed by atoms with van der Waals surface area (Å²) < 4.78 is 18.4. The summed E-state index contributed by atoms with van der Waals surface area (Å²) in [5.74, 6) is 1.49. The van der Waals surface area contributed by atoms with Crippen molar-refractivity contribution in [1.29, 1.82) is 0 Å². The summed E-state index contributed by atoms with van der Waals surface area (Å²) in [7, 11) is 0. The maximum absolute atomic E-state index is 6.96. The van der Waals surface area contributed by atoms with Gasteiger partial charge in [-0.15, -0.1) is 0 Å². The molecule has 0 unspecified atom stereocenters. The molecule has 16 rings (SSSR count). The van der Waals surface area contributed by atoms with Gasteiger partial charge in [0.15, 0.2) is 17.5 Å². The third-order valence-electron chi connectivity index (χ3n) is 14.7. The van der Waals surface area contributed by atoms with E-state index in [9.17, 15) is 0 Å². The molecule has 11 aromatic carbocycles.